The number of fused-ring (bicyclic) bond motifs is 1. The quantitative estimate of drug-likeness (QED) is 0.305. The van der Waals surface area contributed by atoms with Crippen LogP contribution in [-0.4, -0.2) is 60.6 Å². The van der Waals surface area contributed by atoms with Crippen LogP contribution in [0.5, 0.6) is 0 Å². The van der Waals surface area contributed by atoms with Gasteiger partial charge in [0.1, 0.15) is 11.3 Å². The summed E-state index contributed by atoms with van der Waals surface area (Å²) in [4.78, 5) is 15.4. The van der Waals surface area contributed by atoms with Crippen LogP contribution < -0.4 is 4.90 Å². The fourth-order valence-corrected chi connectivity index (χ4v) is 5.66. The standard InChI is InChI=1S/C27H30F2N6O3S/c1-5-39(30,37)19-7-9-23(34-11-10-27(28,29)16-34)20(14-19)24-13-18-12-17(21-15-31-33-32-21)6-8-22(18)35(24)25(36)38-26(2,3)4/h6-9,12-15,30H,5,10-11,16H2,1-4H3,(H,31,32,33)/t39-/m1/s1. The molecular weight excluding hydrogens is 526 g/mol. The van der Waals surface area contributed by atoms with E-state index in [1.807, 2.05) is 6.07 Å². The van der Waals surface area contributed by atoms with E-state index in [4.69, 9.17) is 9.52 Å². The number of halogens is 2. The van der Waals surface area contributed by atoms with E-state index in [1.165, 1.54) is 4.57 Å². The molecule has 4 aromatic rings. The molecule has 1 aliphatic rings. The maximum Gasteiger partial charge on any atom is 0.419 e. The van der Waals surface area contributed by atoms with Crippen LogP contribution >= 0.6 is 0 Å². The molecule has 0 unspecified atom stereocenters. The molecule has 39 heavy (non-hydrogen) atoms. The number of H-pyrrole nitrogens is 1. The zero-order valence-corrected chi connectivity index (χ0v) is 22.9. The van der Waals surface area contributed by atoms with Crippen LogP contribution in [0.4, 0.5) is 19.3 Å². The Morgan fingerprint density at radius 3 is 2.59 bits per heavy atom. The molecule has 5 rings (SSSR count). The monoisotopic (exact) mass is 556 g/mol. The highest BCUT2D eigenvalue weighted by Crippen LogP contribution is 2.41. The van der Waals surface area contributed by atoms with Crippen molar-refractivity contribution in [2.24, 2.45) is 0 Å². The van der Waals surface area contributed by atoms with Gasteiger partial charge in [0.2, 0.25) is 0 Å². The Kier molecular flexibility index (Phi) is 6.48. The minimum Gasteiger partial charge on any atom is -0.443 e. The Labute approximate surface area is 225 Å². The first-order valence-electron chi connectivity index (χ1n) is 12.6. The molecule has 1 atom stereocenters. The molecule has 2 aromatic carbocycles. The van der Waals surface area contributed by atoms with Crippen molar-refractivity contribution in [1.29, 1.82) is 4.78 Å². The van der Waals surface area contributed by atoms with Crippen molar-refractivity contribution in [1.82, 2.24) is 20.0 Å². The molecule has 9 nitrogen and oxygen atoms in total. The molecule has 206 valence electrons. The zero-order chi connectivity index (χ0) is 28.2. The number of carbonyl (C=O) groups excluding carboxylic acids is 1. The number of rotatable bonds is 5. The van der Waals surface area contributed by atoms with Crippen molar-refractivity contribution in [3.63, 3.8) is 0 Å². The number of hydrogen-bond acceptors (Lipinski definition) is 7. The fraction of sp³-hybridized carbons (Fsp3) is 0.370. The summed E-state index contributed by atoms with van der Waals surface area (Å²) in [5.74, 6) is -2.77. The number of nitrogens with zero attached hydrogens (tertiary/aromatic N) is 4. The lowest BCUT2D eigenvalue weighted by molar-refractivity contribution is 0.0257. The molecule has 0 spiro atoms. The van der Waals surface area contributed by atoms with E-state index < -0.39 is 33.9 Å². The van der Waals surface area contributed by atoms with Gasteiger partial charge in [0.15, 0.2) is 0 Å². The Hall–Kier alpha value is -3.80. The SMILES string of the molecule is CC[S@@](=N)(=O)c1ccc(N2CCC(F)(F)C2)c(-c2cc3cc(-c4cn[nH]n4)ccc3n2C(=O)OC(C)(C)C)c1. The van der Waals surface area contributed by atoms with Crippen molar-refractivity contribution >= 4 is 32.4 Å². The number of hydrogen-bond donors (Lipinski definition) is 2. The molecular formula is C27H30F2N6O3S. The maximum atomic E-state index is 14.3. The first-order chi connectivity index (χ1) is 18.3. The predicted molar refractivity (Wildman–Crippen MR) is 146 cm³/mol. The minimum atomic E-state index is -3.13. The van der Waals surface area contributed by atoms with Gasteiger partial charge in [-0.1, -0.05) is 13.0 Å². The molecule has 0 radical (unpaired) electrons. The molecule has 1 fully saturated rings. The van der Waals surface area contributed by atoms with Crippen molar-refractivity contribution in [2.45, 2.75) is 50.5 Å². The van der Waals surface area contributed by atoms with Gasteiger partial charge in [0, 0.05) is 45.8 Å². The van der Waals surface area contributed by atoms with Gasteiger partial charge in [0.25, 0.3) is 5.92 Å². The van der Waals surface area contributed by atoms with Crippen LogP contribution in [0.1, 0.15) is 34.1 Å². The second-order valence-corrected chi connectivity index (χ2v) is 13.0. The second-order valence-electron chi connectivity index (χ2n) is 10.6. The molecule has 0 aliphatic carbocycles. The number of ether oxygens (including phenoxy) is 1. The van der Waals surface area contributed by atoms with Gasteiger partial charge in [-0.3, -0.25) is 0 Å². The minimum absolute atomic E-state index is 0.0870. The highest BCUT2D eigenvalue weighted by atomic mass is 32.2. The molecule has 2 N–H and O–H groups in total. The molecule has 0 bridgehead atoms. The van der Waals surface area contributed by atoms with Crippen molar-refractivity contribution in [3.05, 3.63) is 48.7 Å². The van der Waals surface area contributed by atoms with Crippen LogP contribution in [-0.2, 0) is 14.5 Å². The van der Waals surface area contributed by atoms with E-state index in [0.717, 1.165) is 5.56 Å². The highest BCUT2D eigenvalue weighted by Gasteiger charge is 2.39. The molecule has 3 heterocycles. The number of nitrogens with one attached hydrogen (secondary N) is 2. The lowest BCUT2D eigenvalue weighted by atomic mass is 10.1. The summed E-state index contributed by atoms with van der Waals surface area (Å²) >= 11 is 0. The van der Waals surface area contributed by atoms with E-state index in [-0.39, 0.29) is 23.6 Å². The van der Waals surface area contributed by atoms with Gasteiger partial charge < -0.3 is 9.64 Å². The lowest BCUT2D eigenvalue weighted by Crippen LogP contribution is -2.28. The highest BCUT2D eigenvalue weighted by molar-refractivity contribution is 7.92. The van der Waals surface area contributed by atoms with Crippen molar-refractivity contribution in [2.75, 3.05) is 23.7 Å². The predicted octanol–water partition coefficient (Wildman–Crippen LogP) is 6.15. The third-order valence-electron chi connectivity index (χ3n) is 6.63. The van der Waals surface area contributed by atoms with E-state index >= 15 is 0 Å². The topological polar surface area (TPSA) is 117 Å². The van der Waals surface area contributed by atoms with Crippen LogP contribution in [0, 0.1) is 4.78 Å². The maximum absolute atomic E-state index is 14.3. The first kappa shape index (κ1) is 26.8. The summed E-state index contributed by atoms with van der Waals surface area (Å²) in [7, 11) is -3.13. The van der Waals surface area contributed by atoms with Crippen LogP contribution in [0.25, 0.3) is 33.4 Å². The molecule has 1 aliphatic heterocycles. The van der Waals surface area contributed by atoms with E-state index in [9.17, 15) is 17.8 Å². The number of aromatic nitrogens is 4. The number of anilines is 1. The molecule has 0 amide bonds. The third-order valence-corrected chi connectivity index (χ3v) is 8.46. The lowest BCUT2D eigenvalue weighted by Gasteiger charge is -2.24. The average molecular weight is 557 g/mol. The van der Waals surface area contributed by atoms with Crippen LogP contribution in [0.2, 0.25) is 0 Å². The number of alkyl halides is 2. The fourth-order valence-electron chi connectivity index (χ4n) is 4.73. The Morgan fingerprint density at radius 1 is 1.21 bits per heavy atom. The van der Waals surface area contributed by atoms with Gasteiger partial charge in [-0.25, -0.2) is 27.1 Å². The van der Waals surface area contributed by atoms with Gasteiger partial charge in [-0.2, -0.15) is 15.4 Å². The molecule has 1 saturated heterocycles. The summed E-state index contributed by atoms with van der Waals surface area (Å²) < 4.78 is 57.1. The van der Waals surface area contributed by atoms with E-state index in [0.29, 0.717) is 33.5 Å². The average Bonchev–Trinajstić information content (AvgIpc) is 3.60. The normalized spacial score (nSPS) is 16.9. The molecule has 0 saturated carbocycles. The summed E-state index contributed by atoms with van der Waals surface area (Å²) in [6, 6.07) is 11.9. The molecule has 2 aromatic heterocycles. The molecule has 12 heteroatoms. The third kappa shape index (κ3) is 5.25. The van der Waals surface area contributed by atoms with Gasteiger partial charge in [-0.05, 0) is 57.2 Å². The number of benzene rings is 2. The van der Waals surface area contributed by atoms with Crippen molar-refractivity contribution < 1.29 is 22.5 Å². The van der Waals surface area contributed by atoms with Crippen LogP contribution in [0.15, 0.2) is 53.6 Å². The second kappa shape index (κ2) is 9.44. The largest absolute Gasteiger partial charge is 0.443 e. The zero-order valence-electron chi connectivity index (χ0n) is 22.1. The summed E-state index contributed by atoms with van der Waals surface area (Å²) in [6.07, 6.45) is 0.637. The first-order valence-corrected chi connectivity index (χ1v) is 14.3. The Balaban J connectivity index is 1.78. The van der Waals surface area contributed by atoms with E-state index in [1.54, 1.807) is 75.2 Å². The summed E-state index contributed by atoms with van der Waals surface area (Å²) in [6.45, 7) is 6.57. The summed E-state index contributed by atoms with van der Waals surface area (Å²) in [5, 5.41) is 11.3. The number of carbonyl (C=O) groups is 1. The number of aromatic amines is 1. The van der Waals surface area contributed by atoms with E-state index in [2.05, 4.69) is 15.4 Å². The summed E-state index contributed by atoms with van der Waals surface area (Å²) in [5.41, 5.74) is 2.38. The Bertz CT molecular complexity index is 1660. The van der Waals surface area contributed by atoms with Gasteiger partial charge >= 0.3 is 6.09 Å². The Morgan fingerprint density at radius 2 is 1.97 bits per heavy atom. The smallest absolute Gasteiger partial charge is 0.419 e. The van der Waals surface area contributed by atoms with Crippen LogP contribution in [0.3, 0.4) is 0 Å². The van der Waals surface area contributed by atoms with Crippen molar-refractivity contribution in [3.8, 4) is 22.5 Å². The van der Waals surface area contributed by atoms with Gasteiger partial charge in [0.05, 0.1) is 33.7 Å². The van der Waals surface area contributed by atoms with Gasteiger partial charge in [-0.15, -0.1) is 0 Å².